The molecule has 0 atom stereocenters. The summed E-state index contributed by atoms with van der Waals surface area (Å²) < 4.78 is 10.3. The number of ether oxygens (including phenoxy) is 2. The molecule has 3 rings (SSSR count). The zero-order valence-corrected chi connectivity index (χ0v) is 15.5. The zero-order valence-electron chi connectivity index (χ0n) is 15.5. The number of carbonyl (C=O) groups excluding carboxylic acids is 2. The molecule has 0 aliphatic carbocycles. The van der Waals surface area contributed by atoms with E-state index in [2.05, 4.69) is 0 Å². The van der Waals surface area contributed by atoms with Crippen molar-refractivity contribution in [3.63, 3.8) is 0 Å². The highest BCUT2D eigenvalue weighted by molar-refractivity contribution is 5.88. The Morgan fingerprint density at radius 3 is 1.67 bits per heavy atom. The number of nitro benzene ring substituents is 1. The van der Waals surface area contributed by atoms with E-state index in [1.165, 1.54) is 48.5 Å². The first-order chi connectivity index (χ1) is 14.5. The number of nitrogens with zero attached hydrogens (tertiary/aromatic N) is 2. The Kier molecular flexibility index (Phi) is 6.70. The number of amides is 2. The van der Waals surface area contributed by atoms with Gasteiger partial charge in [-0.1, -0.05) is 41.5 Å². The van der Waals surface area contributed by atoms with E-state index in [4.69, 9.17) is 14.3 Å². The quantitative estimate of drug-likeness (QED) is 0.429. The first-order valence-corrected chi connectivity index (χ1v) is 8.73. The molecule has 0 radical (unpaired) electrons. The molecule has 0 heterocycles. The summed E-state index contributed by atoms with van der Waals surface area (Å²) in [5.41, 5.74) is 0.396. The molecule has 0 aliphatic rings. The monoisotopic (exact) mass is 408 g/mol. The van der Waals surface area contributed by atoms with Gasteiger partial charge in [-0.3, -0.25) is 15.0 Å². The number of hydrogen-bond acceptors (Lipinski definition) is 7. The van der Waals surface area contributed by atoms with Crippen LogP contribution in [-0.4, -0.2) is 22.2 Å². The van der Waals surface area contributed by atoms with Crippen molar-refractivity contribution in [3.8, 4) is 11.5 Å². The van der Waals surface area contributed by atoms with Crippen LogP contribution in [0.1, 0.15) is 5.56 Å². The standard InChI is InChI=1S/C21H16N2O7/c24-20(29-18-7-3-1-4-8-18)22(21(25)30-19-9-5-2-6-10-19)28-15-16-11-13-17(14-12-16)23(26)27/h1-14H,15H2. The normalized spacial score (nSPS) is 10.1. The fourth-order valence-corrected chi connectivity index (χ4v) is 2.29. The van der Waals surface area contributed by atoms with Crippen LogP contribution in [0.2, 0.25) is 0 Å². The Hall–Kier alpha value is -4.24. The van der Waals surface area contributed by atoms with Crippen LogP contribution in [0.4, 0.5) is 15.3 Å². The lowest BCUT2D eigenvalue weighted by Crippen LogP contribution is -2.40. The van der Waals surface area contributed by atoms with E-state index in [0.717, 1.165) is 0 Å². The molecular formula is C21H16N2O7. The molecule has 0 saturated carbocycles. The van der Waals surface area contributed by atoms with Crippen LogP contribution >= 0.6 is 0 Å². The molecule has 0 spiro atoms. The molecule has 0 saturated heterocycles. The SMILES string of the molecule is O=C(Oc1ccccc1)N(OCc1ccc([N+](=O)[O-])cc1)C(=O)Oc1ccccc1. The second-order valence-corrected chi connectivity index (χ2v) is 5.85. The number of hydrogen-bond donors (Lipinski definition) is 0. The van der Waals surface area contributed by atoms with Crippen LogP contribution in [0.15, 0.2) is 84.9 Å². The van der Waals surface area contributed by atoms with Gasteiger partial charge in [-0.2, -0.15) is 0 Å². The lowest BCUT2D eigenvalue weighted by molar-refractivity contribution is -0.384. The molecule has 2 amide bonds. The summed E-state index contributed by atoms with van der Waals surface area (Å²) in [6, 6.07) is 21.7. The molecule has 152 valence electrons. The summed E-state index contributed by atoms with van der Waals surface area (Å²) in [4.78, 5) is 40.5. The van der Waals surface area contributed by atoms with E-state index in [-0.39, 0.29) is 23.8 Å². The van der Waals surface area contributed by atoms with Crippen molar-refractivity contribution in [2.75, 3.05) is 0 Å². The third kappa shape index (κ3) is 5.63. The third-order valence-corrected chi connectivity index (χ3v) is 3.74. The minimum Gasteiger partial charge on any atom is -0.408 e. The van der Waals surface area contributed by atoms with E-state index >= 15 is 0 Å². The van der Waals surface area contributed by atoms with E-state index in [1.54, 1.807) is 36.4 Å². The van der Waals surface area contributed by atoms with Crippen molar-refractivity contribution in [2.45, 2.75) is 6.61 Å². The summed E-state index contributed by atoms with van der Waals surface area (Å²) in [5.74, 6) is 0.415. The first kappa shape index (κ1) is 20.5. The lowest BCUT2D eigenvalue weighted by atomic mass is 10.2. The molecule has 0 aliphatic heterocycles. The topological polar surface area (TPSA) is 108 Å². The van der Waals surface area contributed by atoms with Crippen LogP contribution in [0.25, 0.3) is 0 Å². The number of imide groups is 1. The maximum atomic E-state index is 12.5. The summed E-state index contributed by atoms with van der Waals surface area (Å²) in [7, 11) is 0. The largest absolute Gasteiger partial charge is 0.449 e. The molecule has 0 fully saturated rings. The average molecular weight is 408 g/mol. The van der Waals surface area contributed by atoms with E-state index in [1.807, 2.05) is 0 Å². The van der Waals surface area contributed by atoms with Gasteiger partial charge in [0.25, 0.3) is 5.69 Å². The number of benzene rings is 3. The van der Waals surface area contributed by atoms with Crippen LogP contribution in [0, 0.1) is 10.1 Å². The highest BCUT2D eigenvalue weighted by atomic mass is 16.8. The number of nitro groups is 1. The fourth-order valence-electron chi connectivity index (χ4n) is 2.29. The Bertz CT molecular complexity index is 955. The van der Waals surface area contributed by atoms with Crippen molar-refractivity contribution >= 4 is 17.9 Å². The first-order valence-electron chi connectivity index (χ1n) is 8.73. The Balaban J connectivity index is 1.73. The smallest absolute Gasteiger partial charge is 0.408 e. The van der Waals surface area contributed by atoms with Crippen LogP contribution in [0.3, 0.4) is 0 Å². The summed E-state index contributed by atoms with van der Waals surface area (Å²) in [6.07, 6.45) is -2.21. The van der Waals surface area contributed by atoms with Crippen LogP contribution in [-0.2, 0) is 11.4 Å². The second-order valence-electron chi connectivity index (χ2n) is 5.85. The van der Waals surface area contributed by atoms with Gasteiger partial charge in [0.1, 0.15) is 18.1 Å². The van der Waals surface area contributed by atoms with E-state index in [0.29, 0.717) is 10.6 Å². The van der Waals surface area contributed by atoms with Crippen LogP contribution < -0.4 is 9.47 Å². The summed E-state index contributed by atoms with van der Waals surface area (Å²) in [5, 5.41) is 11.1. The van der Waals surface area contributed by atoms with Gasteiger partial charge in [0.05, 0.1) is 4.92 Å². The molecule has 0 N–H and O–H groups in total. The molecule has 0 aromatic heterocycles. The predicted molar refractivity (Wildman–Crippen MR) is 105 cm³/mol. The van der Waals surface area contributed by atoms with Gasteiger partial charge in [-0.25, -0.2) is 9.59 Å². The highest BCUT2D eigenvalue weighted by Crippen LogP contribution is 2.16. The average Bonchev–Trinajstić information content (AvgIpc) is 2.75. The second kappa shape index (κ2) is 9.80. The van der Waals surface area contributed by atoms with Gasteiger partial charge in [0.15, 0.2) is 0 Å². The highest BCUT2D eigenvalue weighted by Gasteiger charge is 2.28. The maximum absolute atomic E-state index is 12.5. The van der Waals surface area contributed by atoms with Gasteiger partial charge in [0, 0.05) is 12.1 Å². The van der Waals surface area contributed by atoms with Crippen molar-refractivity contribution in [3.05, 3.63) is 101 Å². The molecule has 9 heteroatoms. The van der Waals surface area contributed by atoms with Crippen molar-refractivity contribution in [1.82, 2.24) is 5.06 Å². The Morgan fingerprint density at radius 1 is 0.767 bits per heavy atom. The van der Waals surface area contributed by atoms with Gasteiger partial charge < -0.3 is 9.47 Å². The lowest BCUT2D eigenvalue weighted by Gasteiger charge is -2.19. The van der Waals surface area contributed by atoms with Gasteiger partial charge >= 0.3 is 12.2 Å². The van der Waals surface area contributed by atoms with Gasteiger partial charge in [0.2, 0.25) is 0 Å². The number of rotatable bonds is 6. The Labute approximate surface area is 171 Å². The van der Waals surface area contributed by atoms with Crippen molar-refractivity contribution in [2.24, 2.45) is 0 Å². The number of carbonyl (C=O) groups is 2. The van der Waals surface area contributed by atoms with E-state index in [9.17, 15) is 19.7 Å². The molecule has 9 nitrogen and oxygen atoms in total. The van der Waals surface area contributed by atoms with Crippen molar-refractivity contribution < 1.29 is 28.8 Å². The van der Waals surface area contributed by atoms with E-state index < -0.39 is 17.1 Å². The molecule has 3 aromatic carbocycles. The fraction of sp³-hybridized carbons (Fsp3) is 0.0476. The Morgan fingerprint density at radius 2 is 1.23 bits per heavy atom. The van der Waals surface area contributed by atoms with Crippen LogP contribution in [0.5, 0.6) is 11.5 Å². The molecular weight excluding hydrogens is 392 g/mol. The predicted octanol–water partition coefficient (Wildman–Crippen LogP) is 4.73. The summed E-state index contributed by atoms with van der Waals surface area (Å²) >= 11 is 0. The third-order valence-electron chi connectivity index (χ3n) is 3.74. The van der Waals surface area contributed by atoms with Crippen molar-refractivity contribution in [1.29, 1.82) is 0 Å². The number of hydroxylamine groups is 2. The number of para-hydroxylation sites is 2. The molecule has 0 unspecified atom stereocenters. The molecule has 0 bridgehead atoms. The minimum atomic E-state index is -1.11. The summed E-state index contributed by atoms with van der Waals surface area (Å²) in [6.45, 7) is -0.230. The molecule has 3 aromatic rings. The maximum Gasteiger partial charge on any atom is 0.449 e. The minimum absolute atomic E-state index is 0.0948. The van der Waals surface area contributed by atoms with Gasteiger partial charge in [-0.05, 0) is 42.0 Å². The van der Waals surface area contributed by atoms with Gasteiger partial charge in [-0.15, -0.1) is 0 Å². The molecule has 30 heavy (non-hydrogen) atoms. The zero-order chi connectivity index (χ0) is 21.3. The number of non-ortho nitro benzene ring substituents is 1.